The molecule has 0 bridgehead atoms. The van der Waals surface area contributed by atoms with Gasteiger partial charge in [-0.15, -0.1) is 0 Å². The third kappa shape index (κ3) is 4.94. The van der Waals surface area contributed by atoms with Crippen molar-refractivity contribution < 1.29 is 9.64 Å². The van der Waals surface area contributed by atoms with Gasteiger partial charge in [-0.05, 0) is 55.5 Å². The smallest absolute Gasteiger partial charge is 0.173 e. The summed E-state index contributed by atoms with van der Waals surface area (Å²) >= 11 is 5.58. The number of aryl methyl sites for hydroxylation is 1. The van der Waals surface area contributed by atoms with Crippen molar-refractivity contribution in [2.75, 3.05) is 38.6 Å². The molecule has 3 rings (SSSR count). The summed E-state index contributed by atoms with van der Waals surface area (Å²) < 4.78 is 5.22. The van der Waals surface area contributed by atoms with E-state index in [9.17, 15) is 0 Å². The maximum Gasteiger partial charge on any atom is 0.173 e. The molecule has 0 aromatic heterocycles. The first-order valence-corrected chi connectivity index (χ1v) is 9.14. The summed E-state index contributed by atoms with van der Waals surface area (Å²) in [6, 6.07) is 16.7. The summed E-state index contributed by atoms with van der Waals surface area (Å²) in [5.74, 6) is 0.913. The number of ether oxygens (including phenoxy) is 1. The summed E-state index contributed by atoms with van der Waals surface area (Å²) in [7, 11) is 1.70. The van der Waals surface area contributed by atoms with Crippen LogP contribution in [0, 0.1) is 6.92 Å². The molecule has 0 saturated carbocycles. The van der Waals surface area contributed by atoms with Crippen molar-refractivity contribution in [3.63, 3.8) is 0 Å². The van der Waals surface area contributed by atoms with E-state index >= 15 is 0 Å². The lowest BCUT2D eigenvalue weighted by atomic mass is 10.2. The van der Waals surface area contributed by atoms with Crippen LogP contribution in [0.3, 0.4) is 0 Å². The van der Waals surface area contributed by atoms with Gasteiger partial charge in [-0.3, -0.25) is 0 Å². The van der Waals surface area contributed by atoms with Gasteiger partial charge in [0.15, 0.2) is 5.11 Å². The second-order valence-corrected chi connectivity index (χ2v) is 6.94. The van der Waals surface area contributed by atoms with E-state index in [1.807, 2.05) is 12.1 Å². The van der Waals surface area contributed by atoms with E-state index in [1.165, 1.54) is 11.1 Å². The van der Waals surface area contributed by atoms with Crippen LogP contribution < -0.4 is 15.0 Å². The third-order valence-corrected chi connectivity index (χ3v) is 5.03. The fraction of sp³-hybridized carbons (Fsp3) is 0.350. The Labute approximate surface area is 155 Å². The number of thiocarbonyl (C=S) groups is 1. The van der Waals surface area contributed by atoms with E-state index in [1.54, 1.807) is 12.0 Å². The van der Waals surface area contributed by atoms with E-state index in [2.05, 4.69) is 53.5 Å². The van der Waals surface area contributed by atoms with Gasteiger partial charge in [-0.25, -0.2) is 0 Å². The molecular weight excluding hydrogens is 330 g/mol. The first-order chi connectivity index (χ1) is 12.1. The largest absolute Gasteiger partial charge is 0.497 e. The highest BCUT2D eigenvalue weighted by Gasteiger charge is 2.21. The Morgan fingerprint density at radius 3 is 2.32 bits per heavy atom. The molecule has 0 unspecified atom stereocenters. The number of rotatable bonds is 4. The van der Waals surface area contributed by atoms with Gasteiger partial charge in [-0.1, -0.05) is 17.7 Å². The number of anilines is 1. The lowest BCUT2D eigenvalue weighted by Crippen LogP contribution is -3.13. The number of hydrogen-bond acceptors (Lipinski definition) is 2. The zero-order chi connectivity index (χ0) is 17.6. The quantitative estimate of drug-likeness (QED) is 0.821. The molecule has 1 aliphatic rings. The predicted molar refractivity (Wildman–Crippen MR) is 106 cm³/mol. The molecule has 0 spiro atoms. The maximum atomic E-state index is 5.58. The Balaban J connectivity index is 1.47. The molecule has 0 radical (unpaired) electrons. The zero-order valence-corrected chi connectivity index (χ0v) is 15.7. The SMILES string of the molecule is COc1ccc(C[NH+]2CCN(C(=S)Nc3ccc(C)cc3)CC2)cc1. The van der Waals surface area contributed by atoms with Gasteiger partial charge in [0.05, 0.1) is 33.3 Å². The first-order valence-electron chi connectivity index (χ1n) is 8.73. The van der Waals surface area contributed by atoms with Crippen LogP contribution in [0.4, 0.5) is 5.69 Å². The van der Waals surface area contributed by atoms with E-state index in [0.717, 1.165) is 49.3 Å². The summed E-state index contributed by atoms with van der Waals surface area (Å²) in [4.78, 5) is 3.87. The van der Waals surface area contributed by atoms with Gasteiger partial charge < -0.3 is 19.9 Å². The van der Waals surface area contributed by atoms with Gasteiger partial charge in [0.1, 0.15) is 12.3 Å². The van der Waals surface area contributed by atoms with Crippen molar-refractivity contribution in [3.8, 4) is 5.75 Å². The van der Waals surface area contributed by atoms with Crippen LogP contribution in [0.5, 0.6) is 5.75 Å². The van der Waals surface area contributed by atoms with Crippen LogP contribution >= 0.6 is 12.2 Å². The van der Waals surface area contributed by atoms with Crippen LogP contribution in [-0.4, -0.2) is 43.3 Å². The minimum absolute atomic E-state index is 0.826. The van der Waals surface area contributed by atoms with Crippen molar-refractivity contribution in [1.29, 1.82) is 0 Å². The molecule has 0 atom stereocenters. The summed E-state index contributed by atoms with van der Waals surface area (Å²) in [5.41, 5.74) is 3.67. The van der Waals surface area contributed by atoms with Crippen LogP contribution in [0.2, 0.25) is 0 Å². The molecule has 1 heterocycles. The molecule has 5 heteroatoms. The standard InChI is InChI=1S/C20H25N3OS/c1-16-3-7-18(8-4-16)21-20(25)23-13-11-22(12-14-23)15-17-5-9-19(24-2)10-6-17/h3-10H,11-15H2,1-2H3,(H,21,25)/p+1. The number of nitrogens with one attached hydrogen (secondary N) is 2. The molecule has 2 aromatic carbocycles. The highest BCUT2D eigenvalue weighted by molar-refractivity contribution is 7.80. The molecule has 1 saturated heterocycles. The minimum Gasteiger partial charge on any atom is -0.497 e. The number of nitrogens with zero attached hydrogens (tertiary/aromatic N) is 1. The molecule has 1 fully saturated rings. The molecule has 4 nitrogen and oxygen atoms in total. The third-order valence-electron chi connectivity index (χ3n) is 4.67. The number of benzene rings is 2. The fourth-order valence-corrected chi connectivity index (χ4v) is 3.37. The fourth-order valence-electron chi connectivity index (χ4n) is 3.07. The predicted octanol–water partition coefficient (Wildman–Crippen LogP) is 2.10. The Bertz CT molecular complexity index is 692. The molecule has 2 N–H and O–H groups in total. The summed E-state index contributed by atoms with van der Waals surface area (Å²) in [6.07, 6.45) is 0. The van der Waals surface area contributed by atoms with Crippen molar-refractivity contribution in [2.24, 2.45) is 0 Å². The molecule has 0 amide bonds. The highest BCUT2D eigenvalue weighted by Crippen LogP contribution is 2.11. The van der Waals surface area contributed by atoms with Gasteiger partial charge in [0.25, 0.3) is 0 Å². The zero-order valence-electron chi connectivity index (χ0n) is 14.9. The molecule has 132 valence electrons. The van der Waals surface area contributed by atoms with Gasteiger partial charge in [0, 0.05) is 11.3 Å². The van der Waals surface area contributed by atoms with Crippen molar-refractivity contribution in [1.82, 2.24) is 4.90 Å². The minimum atomic E-state index is 0.826. The normalized spacial score (nSPS) is 15.0. The van der Waals surface area contributed by atoms with E-state index in [-0.39, 0.29) is 0 Å². The van der Waals surface area contributed by atoms with Gasteiger partial charge in [0.2, 0.25) is 0 Å². The second-order valence-electron chi connectivity index (χ2n) is 6.56. The highest BCUT2D eigenvalue weighted by atomic mass is 32.1. The van der Waals surface area contributed by atoms with Crippen LogP contribution in [0.15, 0.2) is 48.5 Å². The van der Waals surface area contributed by atoms with Crippen molar-refractivity contribution in [3.05, 3.63) is 59.7 Å². The molecule has 0 aliphatic carbocycles. The molecule has 1 aliphatic heterocycles. The summed E-state index contributed by atoms with van der Waals surface area (Å²) in [5, 5.41) is 4.18. The van der Waals surface area contributed by atoms with Gasteiger partial charge in [-0.2, -0.15) is 0 Å². The Kier molecular flexibility index (Phi) is 5.89. The number of methoxy groups -OCH3 is 1. The molecular formula is C20H26N3OS+. The average Bonchev–Trinajstić information content (AvgIpc) is 2.65. The van der Waals surface area contributed by atoms with Gasteiger partial charge >= 0.3 is 0 Å². The summed E-state index contributed by atoms with van der Waals surface area (Å²) in [6.45, 7) is 7.32. The molecule has 2 aromatic rings. The monoisotopic (exact) mass is 356 g/mol. The topological polar surface area (TPSA) is 28.9 Å². The Hall–Kier alpha value is -2.11. The van der Waals surface area contributed by atoms with E-state index in [0.29, 0.717) is 0 Å². The first kappa shape index (κ1) is 17.7. The van der Waals surface area contributed by atoms with Crippen LogP contribution in [-0.2, 0) is 6.54 Å². The second kappa shape index (κ2) is 8.32. The van der Waals surface area contributed by atoms with E-state index in [4.69, 9.17) is 17.0 Å². The number of piperazine rings is 1. The van der Waals surface area contributed by atoms with Crippen molar-refractivity contribution >= 4 is 23.0 Å². The lowest BCUT2D eigenvalue weighted by molar-refractivity contribution is -0.917. The maximum absolute atomic E-state index is 5.58. The number of quaternary nitrogens is 1. The van der Waals surface area contributed by atoms with Crippen LogP contribution in [0.1, 0.15) is 11.1 Å². The average molecular weight is 357 g/mol. The lowest BCUT2D eigenvalue weighted by Gasteiger charge is -2.34. The molecule has 25 heavy (non-hydrogen) atoms. The Morgan fingerprint density at radius 1 is 1.08 bits per heavy atom. The van der Waals surface area contributed by atoms with Crippen LogP contribution in [0.25, 0.3) is 0 Å². The Morgan fingerprint density at radius 2 is 1.72 bits per heavy atom. The number of hydrogen-bond donors (Lipinski definition) is 2. The van der Waals surface area contributed by atoms with E-state index < -0.39 is 0 Å². The van der Waals surface area contributed by atoms with Crippen molar-refractivity contribution in [2.45, 2.75) is 13.5 Å².